The SMILES string of the molecule is COC(=O)[C@@]12CCC[C@H]1OCC2. The Balaban J connectivity index is 2.21. The van der Waals surface area contributed by atoms with Crippen LogP contribution in [0.15, 0.2) is 0 Å². The minimum Gasteiger partial charge on any atom is -0.469 e. The molecule has 1 aliphatic carbocycles. The van der Waals surface area contributed by atoms with Crippen LogP contribution < -0.4 is 0 Å². The molecular formula is C9H14O3. The highest BCUT2D eigenvalue weighted by atomic mass is 16.5. The van der Waals surface area contributed by atoms with Crippen LogP contribution in [-0.2, 0) is 14.3 Å². The number of esters is 1. The number of ether oxygens (including phenoxy) is 2. The molecule has 1 saturated carbocycles. The minimum atomic E-state index is -0.269. The molecule has 2 rings (SSSR count). The largest absolute Gasteiger partial charge is 0.469 e. The summed E-state index contributed by atoms with van der Waals surface area (Å²) in [7, 11) is 1.46. The first-order valence-corrected chi connectivity index (χ1v) is 4.49. The molecule has 3 nitrogen and oxygen atoms in total. The fourth-order valence-corrected chi connectivity index (χ4v) is 2.49. The van der Waals surface area contributed by atoms with Gasteiger partial charge >= 0.3 is 5.97 Å². The van der Waals surface area contributed by atoms with Crippen molar-refractivity contribution in [2.75, 3.05) is 13.7 Å². The van der Waals surface area contributed by atoms with E-state index in [-0.39, 0.29) is 17.5 Å². The van der Waals surface area contributed by atoms with Crippen molar-refractivity contribution in [3.8, 4) is 0 Å². The first kappa shape index (κ1) is 8.05. The molecule has 68 valence electrons. The van der Waals surface area contributed by atoms with Crippen LogP contribution in [0.4, 0.5) is 0 Å². The van der Waals surface area contributed by atoms with Crippen LogP contribution in [0.3, 0.4) is 0 Å². The van der Waals surface area contributed by atoms with E-state index in [2.05, 4.69) is 0 Å². The predicted octanol–water partition coefficient (Wildman–Crippen LogP) is 1.12. The summed E-state index contributed by atoms with van der Waals surface area (Å²) in [6, 6.07) is 0. The summed E-state index contributed by atoms with van der Waals surface area (Å²) < 4.78 is 10.3. The number of carbonyl (C=O) groups excluding carboxylic acids is 1. The lowest BCUT2D eigenvalue weighted by Crippen LogP contribution is -2.35. The molecule has 2 fully saturated rings. The molecule has 2 aliphatic rings. The molecule has 0 radical (unpaired) electrons. The zero-order valence-corrected chi connectivity index (χ0v) is 7.34. The second kappa shape index (κ2) is 2.73. The maximum Gasteiger partial charge on any atom is 0.314 e. The molecule has 0 unspecified atom stereocenters. The van der Waals surface area contributed by atoms with Crippen LogP contribution in [-0.4, -0.2) is 25.8 Å². The highest BCUT2D eigenvalue weighted by Crippen LogP contribution is 2.48. The molecule has 0 spiro atoms. The minimum absolute atomic E-state index is 0.0671. The van der Waals surface area contributed by atoms with Gasteiger partial charge in [-0.05, 0) is 25.7 Å². The Labute approximate surface area is 72.0 Å². The maximum absolute atomic E-state index is 11.5. The van der Waals surface area contributed by atoms with Gasteiger partial charge in [0.1, 0.15) is 0 Å². The van der Waals surface area contributed by atoms with Gasteiger partial charge in [0.25, 0.3) is 0 Å². The van der Waals surface area contributed by atoms with Crippen LogP contribution in [0.2, 0.25) is 0 Å². The number of carbonyl (C=O) groups is 1. The first-order chi connectivity index (χ1) is 5.79. The van der Waals surface area contributed by atoms with Gasteiger partial charge in [-0.15, -0.1) is 0 Å². The third kappa shape index (κ3) is 0.891. The van der Waals surface area contributed by atoms with Gasteiger partial charge in [0, 0.05) is 6.61 Å². The molecule has 0 bridgehead atoms. The molecule has 1 heterocycles. The van der Waals surface area contributed by atoms with Crippen LogP contribution in [0.25, 0.3) is 0 Å². The Hall–Kier alpha value is -0.570. The quantitative estimate of drug-likeness (QED) is 0.553. The van der Waals surface area contributed by atoms with Crippen LogP contribution in [0.1, 0.15) is 25.7 Å². The van der Waals surface area contributed by atoms with E-state index >= 15 is 0 Å². The molecular weight excluding hydrogens is 156 g/mol. The number of fused-ring (bicyclic) bond motifs is 1. The fourth-order valence-electron chi connectivity index (χ4n) is 2.49. The van der Waals surface area contributed by atoms with E-state index in [0.717, 1.165) is 32.3 Å². The lowest BCUT2D eigenvalue weighted by Gasteiger charge is -2.23. The number of rotatable bonds is 1. The van der Waals surface area contributed by atoms with Crippen molar-refractivity contribution in [2.24, 2.45) is 5.41 Å². The van der Waals surface area contributed by atoms with Crippen molar-refractivity contribution in [1.82, 2.24) is 0 Å². The van der Waals surface area contributed by atoms with Crippen LogP contribution in [0, 0.1) is 5.41 Å². The summed E-state index contributed by atoms with van der Waals surface area (Å²) in [6.07, 6.45) is 4.06. The summed E-state index contributed by atoms with van der Waals surface area (Å²) >= 11 is 0. The second-order valence-electron chi connectivity index (χ2n) is 3.65. The summed E-state index contributed by atoms with van der Waals surface area (Å²) in [5.41, 5.74) is -0.269. The monoisotopic (exact) mass is 170 g/mol. The van der Waals surface area contributed by atoms with Gasteiger partial charge in [0.2, 0.25) is 0 Å². The molecule has 0 N–H and O–H groups in total. The summed E-state index contributed by atoms with van der Waals surface area (Å²) in [6.45, 7) is 0.722. The Morgan fingerprint density at radius 3 is 3.17 bits per heavy atom. The molecule has 0 aromatic rings. The van der Waals surface area contributed by atoms with Crippen molar-refractivity contribution in [3.05, 3.63) is 0 Å². The normalized spacial score (nSPS) is 39.6. The Kier molecular flexibility index (Phi) is 1.83. The molecule has 12 heavy (non-hydrogen) atoms. The molecule has 3 heteroatoms. The van der Waals surface area contributed by atoms with E-state index in [1.807, 2.05) is 0 Å². The average Bonchev–Trinajstić information content (AvgIpc) is 2.60. The fraction of sp³-hybridized carbons (Fsp3) is 0.889. The zero-order valence-electron chi connectivity index (χ0n) is 7.34. The van der Waals surface area contributed by atoms with Crippen LogP contribution >= 0.6 is 0 Å². The van der Waals surface area contributed by atoms with Crippen molar-refractivity contribution in [1.29, 1.82) is 0 Å². The van der Waals surface area contributed by atoms with Gasteiger partial charge in [0.05, 0.1) is 18.6 Å². The summed E-state index contributed by atoms with van der Waals surface area (Å²) in [5, 5.41) is 0. The Morgan fingerprint density at radius 2 is 2.42 bits per heavy atom. The first-order valence-electron chi connectivity index (χ1n) is 4.49. The van der Waals surface area contributed by atoms with Gasteiger partial charge in [-0.2, -0.15) is 0 Å². The molecule has 0 aromatic carbocycles. The van der Waals surface area contributed by atoms with E-state index < -0.39 is 0 Å². The third-order valence-corrected chi connectivity index (χ3v) is 3.16. The summed E-state index contributed by atoms with van der Waals surface area (Å²) in [5.74, 6) is -0.0671. The number of hydrogen-bond acceptors (Lipinski definition) is 3. The predicted molar refractivity (Wildman–Crippen MR) is 42.7 cm³/mol. The number of methoxy groups -OCH3 is 1. The van der Waals surface area contributed by atoms with E-state index in [1.54, 1.807) is 0 Å². The summed E-state index contributed by atoms with van der Waals surface area (Å²) in [4.78, 5) is 11.5. The average molecular weight is 170 g/mol. The van der Waals surface area contributed by atoms with E-state index in [9.17, 15) is 4.79 Å². The highest BCUT2D eigenvalue weighted by Gasteiger charge is 2.53. The maximum atomic E-state index is 11.5. The molecule has 0 amide bonds. The molecule has 0 aromatic heterocycles. The molecule has 2 atom stereocenters. The van der Waals surface area contributed by atoms with Crippen molar-refractivity contribution in [2.45, 2.75) is 31.8 Å². The lowest BCUT2D eigenvalue weighted by atomic mass is 9.83. The van der Waals surface area contributed by atoms with Gasteiger partial charge in [-0.25, -0.2) is 0 Å². The van der Waals surface area contributed by atoms with Gasteiger partial charge in [-0.1, -0.05) is 0 Å². The highest BCUT2D eigenvalue weighted by molar-refractivity contribution is 5.78. The van der Waals surface area contributed by atoms with Crippen molar-refractivity contribution in [3.63, 3.8) is 0 Å². The van der Waals surface area contributed by atoms with Crippen molar-refractivity contribution < 1.29 is 14.3 Å². The van der Waals surface area contributed by atoms with E-state index in [4.69, 9.17) is 9.47 Å². The molecule has 1 saturated heterocycles. The van der Waals surface area contributed by atoms with E-state index in [1.165, 1.54) is 7.11 Å². The lowest BCUT2D eigenvalue weighted by molar-refractivity contribution is -0.154. The smallest absolute Gasteiger partial charge is 0.314 e. The van der Waals surface area contributed by atoms with Crippen LogP contribution in [0.5, 0.6) is 0 Å². The zero-order chi connectivity index (χ0) is 8.60. The second-order valence-corrected chi connectivity index (χ2v) is 3.65. The third-order valence-electron chi connectivity index (χ3n) is 3.16. The Morgan fingerprint density at radius 1 is 1.58 bits per heavy atom. The topological polar surface area (TPSA) is 35.5 Å². The van der Waals surface area contributed by atoms with E-state index in [0.29, 0.717) is 0 Å². The number of hydrogen-bond donors (Lipinski definition) is 0. The standard InChI is InChI=1S/C9H14O3/c1-11-8(10)9-4-2-3-7(9)12-6-5-9/h7H,2-6H2,1H3/t7-,9-/m1/s1. The van der Waals surface area contributed by atoms with Gasteiger partial charge in [0.15, 0.2) is 0 Å². The Bertz CT molecular complexity index is 190. The van der Waals surface area contributed by atoms with Crippen molar-refractivity contribution >= 4 is 5.97 Å². The van der Waals surface area contributed by atoms with Gasteiger partial charge in [-0.3, -0.25) is 4.79 Å². The van der Waals surface area contributed by atoms with Gasteiger partial charge < -0.3 is 9.47 Å². The molecule has 1 aliphatic heterocycles.